The van der Waals surface area contributed by atoms with Gasteiger partial charge in [-0.2, -0.15) is 10.2 Å². The molecule has 1 saturated carbocycles. The number of hydrogen-bond donors (Lipinski definition) is 1. The molecule has 6 heteroatoms. The number of unbranched alkanes of at least 4 members (excludes halogenated alkanes) is 3. The van der Waals surface area contributed by atoms with Gasteiger partial charge in [0, 0.05) is 36.2 Å². The van der Waals surface area contributed by atoms with Crippen LogP contribution in [-0.4, -0.2) is 36.5 Å². The monoisotopic (exact) mass is 349 g/mol. The number of amides is 1. The Hall–Kier alpha value is -1.72. The first kappa shape index (κ1) is 19.6. The SMILES string of the molecule is CC1=NN=C(C)C2CCC(OC(=O)NCCCCCC=O)CCCC12. The number of fused-ring (bicyclic) bond motifs is 1. The maximum Gasteiger partial charge on any atom is 0.407 e. The molecule has 3 atom stereocenters. The third kappa shape index (κ3) is 6.25. The standard InChI is InChI=1S/C19H31N3O3/c1-14-17-9-7-8-16(10-11-18(17)15(2)22-21-14)25-19(24)20-12-5-3-4-6-13-23/h13,16-18H,3-12H2,1-2H3,(H,20,24). The van der Waals surface area contributed by atoms with Crippen LogP contribution in [0.2, 0.25) is 0 Å². The van der Waals surface area contributed by atoms with Crippen molar-refractivity contribution in [2.45, 2.75) is 77.7 Å². The number of rotatable bonds is 7. The van der Waals surface area contributed by atoms with E-state index in [4.69, 9.17) is 4.74 Å². The van der Waals surface area contributed by atoms with Crippen molar-refractivity contribution >= 4 is 23.8 Å². The van der Waals surface area contributed by atoms with Crippen molar-refractivity contribution in [3.63, 3.8) is 0 Å². The molecule has 3 unspecified atom stereocenters. The molecule has 1 heterocycles. The van der Waals surface area contributed by atoms with Crippen LogP contribution in [-0.2, 0) is 9.53 Å². The largest absolute Gasteiger partial charge is 0.446 e. The third-order valence-electron chi connectivity index (χ3n) is 5.31. The summed E-state index contributed by atoms with van der Waals surface area (Å²) in [6.07, 6.45) is 8.85. The smallest absolute Gasteiger partial charge is 0.407 e. The molecule has 0 radical (unpaired) electrons. The zero-order chi connectivity index (χ0) is 18.1. The van der Waals surface area contributed by atoms with Gasteiger partial charge in [0.1, 0.15) is 12.4 Å². The minimum absolute atomic E-state index is 0.0111. The maximum atomic E-state index is 12.0. The van der Waals surface area contributed by atoms with Gasteiger partial charge in [-0.25, -0.2) is 4.79 Å². The normalized spacial score (nSPS) is 26.4. The predicted octanol–water partition coefficient (Wildman–Crippen LogP) is 3.89. The summed E-state index contributed by atoms with van der Waals surface area (Å²) in [6.45, 7) is 4.74. The molecule has 0 aromatic heterocycles. The first-order valence-corrected chi connectivity index (χ1v) is 9.58. The number of aldehydes is 1. The topological polar surface area (TPSA) is 80.1 Å². The highest BCUT2D eigenvalue weighted by Gasteiger charge is 2.32. The van der Waals surface area contributed by atoms with Crippen LogP contribution in [0.3, 0.4) is 0 Å². The Bertz CT molecular complexity index is 516. The molecule has 6 nitrogen and oxygen atoms in total. The average Bonchev–Trinajstić information content (AvgIpc) is 2.57. The quantitative estimate of drug-likeness (QED) is 0.559. The molecule has 25 heavy (non-hydrogen) atoms. The van der Waals surface area contributed by atoms with Crippen LogP contribution < -0.4 is 5.32 Å². The molecule has 0 spiro atoms. The second kappa shape index (κ2) is 10.3. The molecule has 1 fully saturated rings. The van der Waals surface area contributed by atoms with Crippen LogP contribution in [0.1, 0.15) is 71.6 Å². The summed E-state index contributed by atoms with van der Waals surface area (Å²) >= 11 is 0. The lowest BCUT2D eigenvalue weighted by Crippen LogP contribution is -2.35. The molecule has 0 bridgehead atoms. The van der Waals surface area contributed by atoms with E-state index in [9.17, 15) is 9.59 Å². The highest BCUT2D eigenvalue weighted by atomic mass is 16.6. The Morgan fingerprint density at radius 1 is 1.08 bits per heavy atom. The summed E-state index contributed by atoms with van der Waals surface area (Å²) in [6, 6.07) is 0. The van der Waals surface area contributed by atoms with Gasteiger partial charge in [0.2, 0.25) is 0 Å². The summed E-state index contributed by atoms with van der Waals surface area (Å²) in [5.41, 5.74) is 2.25. The minimum atomic E-state index is -0.315. The maximum absolute atomic E-state index is 12.0. The first-order chi connectivity index (χ1) is 12.1. The van der Waals surface area contributed by atoms with Gasteiger partial charge in [-0.1, -0.05) is 6.42 Å². The van der Waals surface area contributed by atoms with Gasteiger partial charge in [0.05, 0.1) is 0 Å². The van der Waals surface area contributed by atoms with Crippen molar-refractivity contribution in [2.75, 3.05) is 6.54 Å². The molecule has 2 rings (SSSR count). The Balaban J connectivity index is 1.71. The third-order valence-corrected chi connectivity index (χ3v) is 5.31. The van der Waals surface area contributed by atoms with Crippen molar-refractivity contribution in [1.29, 1.82) is 0 Å². The lowest BCUT2D eigenvalue weighted by atomic mass is 9.76. The molecule has 1 amide bonds. The van der Waals surface area contributed by atoms with Crippen LogP contribution in [0.25, 0.3) is 0 Å². The fraction of sp³-hybridized carbons (Fsp3) is 0.789. The van der Waals surface area contributed by atoms with E-state index in [0.717, 1.165) is 69.1 Å². The van der Waals surface area contributed by atoms with Gasteiger partial charge in [0.15, 0.2) is 0 Å². The van der Waals surface area contributed by atoms with Gasteiger partial charge >= 0.3 is 6.09 Å². The molecular formula is C19H31N3O3. The van der Waals surface area contributed by atoms with Crippen LogP contribution in [0.4, 0.5) is 4.79 Å². The van der Waals surface area contributed by atoms with Crippen molar-refractivity contribution < 1.29 is 14.3 Å². The van der Waals surface area contributed by atoms with Crippen molar-refractivity contribution in [3.8, 4) is 0 Å². The van der Waals surface area contributed by atoms with E-state index in [1.54, 1.807) is 0 Å². The fourth-order valence-electron chi connectivity index (χ4n) is 3.81. The van der Waals surface area contributed by atoms with Crippen LogP contribution in [0.5, 0.6) is 0 Å². The average molecular weight is 349 g/mol. The molecule has 0 aromatic rings. The number of nitrogens with zero attached hydrogens (tertiary/aromatic N) is 2. The van der Waals surface area contributed by atoms with E-state index in [-0.39, 0.29) is 12.2 Å². The first-order valence-electron chi connectivity index (χ1n) is 9.58. The Morgan fingerprint density at radius 3 is 2.52 bits per heavy atom. The van der Waals surface area contributed by atoms with Crippen molar-refractivity contribution in [2.24, 2.45) is 22.0 Å². The number of nitrogens with one attached hydrogen (secondary N) is 1. The van der Waals surface area contributed by atoms with E-state index < -0.39 is 0 Å². The summed E-state index contributed by atoms with van der Waals surface area (Å²) in [5.74, 6) is 0.934. The van der Waals surface area contributed by atoms with Crippen molar-refractivity contribution in [1.82, 2.24) is 5.32 Å². The summed E-state index contributed by atoms with van der Waals surface area (Å²) in [4.78, 5) is 22.2. The van der Waals surface area contributed by atoms with E-state index in [1.165, 1.54) is 0 Å². The Kier molecular flexibility index (Phi) is 8.09. The molecule has 2 aliphatic rings. The zero-order valence-electron chi connectivity index (χ0n) is 15.5. The summed E-state index contributed by atoms with van der Waals surface area (Å²) < 4.78 is 5.62. The Labute approximate surface area is 150 Å². The zero-order valence-corrected chi connectivity index (χ0v) is 15.5. The number of alkyl carbamates (subject to hydrolysis) is 1. The van der Waals surface area contributed by atoms with Gasteiger partial charge in [-0.05, 0) is 58.8 Å². The highest BCUT2D eigenvalue weighted by Crippen LogP contribution is 2.33. The van der Waals surface area contributed by atoms with E-state index >= 15 is 0 Å². The molecule has 1 aliphatic heterocycles. The number of carbonyl (C=O) groups excluding carboxylic acids is 2. The number of carbonyl (C=O) groups is 2. The second-order valence-electron chi connectivity index (χ2n) is 7.17. The van der Waals surface area contributed by atoms with Gasteiger partial charge in [0.25, 0.3) is 0 Å². The molecule has 1 N–H and O–H groups in total. The second-order valence-corrected chi connectivity index (χ2v) is 7.17. The highest BCUT2D eigenvalue weighted by molar-refractivity contribution is 5.96. The molecule has 0 saturated heterocycles. The van der Waals surface area contributed by atoms with Crippen molar-refractivity contribution in [3.05, 3.63) is 0 Å². The molecule has 0 aromatic carbocycles. The van der Waals surface area contributed by atoms with E-state index in [2.05, 4.69) is 29.4 Å². The van der Waals surface area contributed by atoms with Crippen LogP contribution in [0.15, 0.2) is 10.2 Å². The predicted molar refractivity (Wildman–Crippen MR) is 99.1 cm³/mol. The number of hydrogen-bond acceptors (Lipinski definition) is 5. The summed E-state index contributed by atoms with van der Waals surface area (Å²) in [7, 11) is 0. The van der Waals surface area contributed by atoms with Crippen LogP contribution >= 0.6 is 0 Å². The molecule has 140 valence electrons. The molecular weight excluding hydrogens is 318 g/mol. The van der Waals surface area contributed by atoms with Crippen LogP contribution in [0, 0.1) is 11.8 Å². The van der Waals surface area contributed by atoms with Gasteiger partial charge in [-0.15, -0.1) is 0 Å². The number of ether oxygens (including phenoxy) is 1. The van der Waals surface area contributed by atoms with E-state index in [0.29, 0.717) is 24.8 Å². The fourth-order valence-corrected chi connectivity index (χ4v) is 3.81. The summed E-state index contributed by atoms with van der Waals surface area (Å²) in [5, 5.41) is 11.4. The lowest BCUT2D eigenvalue weighted by Gasteiger charge is -2.33. The van der Waals surface area contributed by atoms with E-state index in [1.807, 2.05) is 0 Å². The lowest BCUT2D eigenvalue weighted by molar-refractivity contribution is -0.107. The van der Waals surface area contributed by atoms with Gasteiger partial charge < -0.3 is 14.8 Å². The van der Waals surface area contributed by atoms with Gasteiger partial charge in [-0.3, -0.25) is 0 Å². The Morgan fingerprint density at radius 2 is 1.80 bits per heavy atom. The minimum Gasteiger partial charge on any atom is -0.446 e. The molecule has 1 aliphatic carbocycles.